The molecule has 312 valence electrons. The Balaban J connectivity index is 4.44. The largest absolute Gasteiger partial charge is 0.462 e. The molecule has 0 aliphatic heterocycles. The molecule has 0 aromatic rings. The Morgan fingerprint density at radius 2 is 0.962 bits per heavy atom. The summed E-state index contributed by atoms with van der Waals surface area (Å²) in [5.41, 5.74) is 0. The number of aliphatic hydroxyl groups is 2. The monoisotopic (exact) mass is 748 g/mol. The van der Waals surface area contributed by atoms with Gasteiger partial charge in [-0.15, -0.1) is 0 Å². The number of carbonyl (C=O) groups is 2. The fraction of sp³-hybridized carbons (Fsp3) is 0.872. The van der Waals surface area contributed by atoms with E-state index in [0.717, 1.165) is 64.2 Å². The van der Waals surface area contributed by atoms with E-state index in [0.29, 0.717) is 19.3 Å². The van der Waals surface area contributed by atoms with Gasteiger partial charge in [-0.3, -0.25) is 9.59 Å². The van der Waals surface area contributed by atoms with Crippen LogP contribution in [-0.4, -0.2) is 46.9 Å². The van der Waals surface area contributed by atoms with Gasteiger partial charge in [-0.25, -0.2) is 0 Å². The Bertz CT molecular complexity index is 843. The van der Waals surface area contributed by atoms with Gasteiger partial charge in [0.15, 0.2) is 0 Å². The highest BCUT2D eigenvalue weighted by Gasteiger charge is 2.24. The Kier molecular flexibility index (Phi) is 40.2. The molecule has 6 heteroatoms. The van der Waals surface area contributed by atoms with Gasteiger partial charge >= 0.3 is 5.97 Å². The third-order valence-corrected chi connectivity index (χ3v) is 10.5. The van der Waals surface area contributed by atoms with Gasteiger partial charge in [0.25, 0.3) is 0 Å². The van der Waals surface area contributed by atoms with Gasteiger partial charge in [-0.2, -0.15) is 0 Å². The quantitative estimate of drug-likeness (QED) is 0.0329. The van der Waals surface area contributed by atoms with Crippen LogP contribution in [0.25, 0.3) is 0 Å². The van der Waals surface area contributed by atoms with E-state index in [-0.39, 0.29) is 24.9 Å². The van der Waals surface area contributed by atoms with Crippen LogP contribution >= 0.6 is 0 Å². The fourth-order valence-electron chi connectivity index (χ4n) is 6.99. The predicted molar refractivity (Wildman–Crippen MR) is 227 cm³/mol. The molecule has 0 aromatic heterocycles. The zero-order valence-corrected chi connectivity index (χ0v) is 35.4. The number of amides is 1. The van der Waals surface area contributed by atoms with Crippen molar-refractivity contribution in [1.82, 2.24) is 5.32 Å². The Morgan fingerprint density at radius 1 is 0.547 bits per heavy atom. The molecular formula is C47H89NO5. The molecule has 0 rings (SSSR count). The molecule has 3 unspecified atom stereocenters. The summed E-state index contributed by atoms with van der Waals surface area (Å²) in [7, 11) is 0. The number of aliphatic hydroxyl groups excluding tert-OH is 2. The average Bonchev–Trinajstić information content (AvgIpc) is 3.15. The number of hydrogen-bond acceptors (Lipinski definition) is 5. The standard InChI is InChI=1S/C47H89NO5/c1-4-7-10-13-16-19-20-21-22-23-24-25-26-28-31-34-37-40-47(52)53-43(38-35-32-29-18-15-12-9-6-3)41-46(51)48-44(42-49)45(50)39-36-33-30-27-17-14-11-8-5-2/h16,19,21-22,43-45,49-50H,4-15,17-18,20,23-42H2,1-3H3,(H,48,51)/b19-16-,22-21-. The van der Waals surface area contributed by atoms with Crippen molar-refractivity contribution in [2.75, 3.05) is 6.61 Å². The predicted octanol–water partition coefficient (Wildman–Crippen LogP) is 13.2. The van der Waals surface area contributed by atoms with Crippen LogP contribution in [0, 0.1) is 0 Å². The Labute approximate surface area is 329 Å². The van der Waals surface area contributed by atoms with Crippen LogP contribution in [0.1, 0.15) is 239 Å². The summed E-state index contributed by atoms with van der Waals surface area (Å²) in [6, 6.07) is -0.695. The van der Waals surface area contributed by atoms with Crippen molar-refractivity contribution >= 4 is 11.9 Å². The first-order valence-electron chi connectivity index (χ1n) is 23.1. The van der Waals surface area contributed by atoms with E-state index in [4.69, 9.17) is 4.74 Å². The summed E-state index contributed by atoms with van der Waals surface area (Å²) in [6.45, 7) is 6.41. The van der Waals surface area contributed by atoms with Crippen molar-refractivity contribution in [3.63, 3.8) is 0 Å². The molecule has 3 atom stereocenters. The molecule has 0 radical (unpaired) electrons. The van der Waals surface area contributed by atoms with E-state index in [1.807, 2.05) is 0 Å². The molecule has 0 saturated carbocycles. The molecule has 0 aliphatic carbocycles. The second-order valence-corrected chi connectivity index (χ2v) is 15.8. The van der Waals surface area contributed by atoms with Crippen molar-refractivity contribution in [3.8, 4) is 0 Å². The minimum Gasteiger partial charge on any atom is -0.462 e. The van der Waals surface area contributed by atoms with Gasteiger partial charge in [-0.1, -0.05) is 193 Å². The molecule has 6 nitrogen and oxygen atoms in total. The van der Waals surface area contributed by atoms with Crippen LogP contribution in [-0.2, 0) is 14.3 Å². The van der Waals surface area contributed by atoms with Crippen LogP contribution in [0.4, 0.5) is 0 Å². The summed E-state index contributed by atoms with van der Waals surface area (Å²) in [5, 5.41) is 23.5. The van der Waals surface area contributed by atoms with Crippen molar-refractivity contribution in [1.29, 1.82) is 0 Å². The molecule has 0 bridgehead atoms. The molecule has 0 heterocycles. The highest BCUT2D eigenvalue weighted by molar-refractivity contribution is 5.77. The van der Waals surface area contributed by atoms with E-state index < -0.39 is 18.2 Å². The minimum atomic E-state index is -0.781. The first-order chi connectivity index (χ1) is 26.0. The van der Waals surface area contributed by atoms with Crippen LogP contribution in [0.2, 0.25) is 0 Å². The average molecular weight is 748 g/mol. The van der Waals surface area contributed by atoms with E-state index in [1.165, 1.54) is 128 Å². The first-order valence-corrected chi connectivity index (χ1v) is 23.1. The van der Waals surface area contributed by atoms with Crippen molar-refractivity contribution < 1.29 is 24.5 Å². The normalized spacial score (nSPS) is 13.5. The summed E-state index contributed by atoms with van der Waals surface area (Å²) in [6.07, 6.45) is 45.3. The SMILES string of the molecule is CCCCC/C=C\C/C=C\CCCCCCCCCC(=O)OC(CCCCCCCCCC)CC(=O)NC(CO)C(O)CCCCCCCCCCC. The molecule has 0 saturated heterocycles. The number of nitrogens with one attached hydrogen (secondary N) is 1. The van der Waals surface area contributed by atoms with Crippen molar-refractivity contribution in [3.05, 3.63) is 24.3 Å². The van der Waals surface area contributed by atoms with E-state index in [9.17, 15) is 19.8 Å². The van der Waals surface area contributed by atoms with Gasteiger partial charge in [0.1, 0.15) is 6.10 Å². The van der Waals surface area contributed by atoms with Gasteiger partial charge in [0.05, 0.1) is 25.2 Å². The lowest BCUT2D eigenvalue weighted by Gasteiger charge is -2.24. The number of unbranched alkanes of at least 4 members (excludes halogenated alkanes) is 25. The molecule has 0 fully saturated rings. The number of esters is 1. The fourth-order valence-corrected chi connectivity index (χ4v) is 6.99. The topological polar surface area (TPSA) is 95.9 Å². The second-order valence-electron chi connectivity index (χ2n) is 15.8. The van der Waals surface area contributed by atoms with Crippen LogP contribution in [0.5, 0.6) is 0 Å². The highest BCUT2D eigenvalue weighted by atomic mass is 16.5. The number of ether oxygens (including phenoxy) is 1. The van der Waals surface area contributed by atoms with Crippen LogP contribution in [0.3, 0.4) is 0 Å². The zero-order chi connectivity index (χ0) is 38.9. The first kappa shape index (κ1) is 51.3. The molecule has 0 aromatic carbocycles. The number of allylic oxidation sites excluding steroid dienone is 4. The number of carbonyl (C=O) groups excluding carboxylic acids is 2. The zero-order valence-electron chi connectivity index (χ0n) is 35.4. The van der Waals surface area contributed by atoms with Crippen molar-refractivity contribution in [2.45, 2.75) is 257 Å². The summed E-state index contributed by atoms with van der Waals surface area (Å²) >= 11 is 0. The third-order valence-electron chi connectivity index (χ3n) is 10.5. The maximum absolute atomic E-state index is 13.1. The van der Waals surface area contributed by atoms with Gasteiger partial charge in [0, 0.05) is 6.42 Å². The van der Waals surface area contributed by atoms with Crippen LogP contribution < -0.4 is 5.32 Å². The van der Waals surface area contributed by atoms with E-state index in [1.54, 1.807) is 0 Å². The molecule has 1 amide bonds. The lowest BCUT2D eigenvalue weighted by atomic mass is 10.0. The van der Waals surface area contributed by atoms with Gasteiger partial charge in [0.2, 0.25) is 5.91 Å². The van der Waals surface area contributed by atoms with E-state index in [2.05, 4.69) is 50.4 Å². The number of hydrogen-bond donors (Lipinski definition) is 3. The number of rotatable bonds is 41. The maximum Gasteiger partial charge on any atom is 0.306 e. The molecule has 3 N–H and O–H groups in total. The maximum atomic E-state index is 13.1. The Morgan fingerprint density at radius 3 is 1.47 bits per heavy atom. The van der Waals surface area contributed by atoms with E-state index >= 15 is 0 Å². The summed E-state index contributed by atoms with van der Waals surface area (Å²) in [4.78, 5) is 25.9. The van der Waals surface area contributed by atoms with Gasteiger partial charge < -0.3 is 20.3 Å². The minimum absolute atomic E-state index is 0.0778. The summed E-state index contributed by atoms with van der Waals surface area (Å²) in [5.74, 6) is -0.480. The second kappa shape index (κ2) is 41.5. The molecule has 0 spiro atoms. The third kappa shape index (κ3) is 37.1. The highest BCUT2D eigenvalue weighted by Crippen LogP contribution is 2.17. The Hall–Kier alpha value is -1.66. The molecule has 53 heavy (non-hydrogen) atoms. The smallest absolute Gasteiger partial charge is 0.306 e. The summed E-state index contributed by atoms with van der Waals surface area (Å²) < 4.78 is 5.88. The van der Waals surface area contributed by atoms with Gasteiger partial charge in [-0.05, 0) is 57.8 Å². The molecule has 0 aliphatic rings. The lowest BCUT2D eigenvalue weighted by Crippen LogP contribution is -2.46. The molecular weight excluding hydrogens is 659 g/mol. The van der Waals surface area contributed by atoms with Crippen molar-refractivity contribution in [2.24, 2.45) is 0 Å². The lowest BCUT2D eigenvalue weighted by molar-refractivity contribution is -0.151. The van der Waals surface area contributed by atoms with Crippen LogP contribution in [0.15, 0.2) is 24.3 Å².